The summed E-state index contributed by atoms with van der Waals surface area (Å²) in [4.78, 5) is 2.60. The van der Waals surface area contributed by atoms with Crippen LogP contribution in [0.3, 0.4) is 0 Å². The molecule has 1 nitrogen and oxygen atoms in total. The van der Waals surface area contributed by atoms with Crippen LogP contribution < -0.4 is 0 Å². The van der Waals surface area contributed by atoms with Crippen LogP contribution in [0.2, 0.25) is 0 Å². The van der Waals surface area contributed by atoms with Crippen molar-refractivity contribution in [1.82, 2.24) is 4.90 Å². The van der Waals surface area contributed by atoms with Crippen molar-refractivity contribution in [2.24, 2.45) is 5.92 Å². The van der Waals surface area contributed by atoms with Crippen molar-refractivity contribution >= 4 is 11.8 Å². The van der Waals surface area contributed by atoms with Gasteiger partial charge in [-0.05, 0) is 24.6 Å². The molecule has 52 valence electrons. The van der Waals surface area contributed by atoms with Gasteiger partial charge in [-0.2, -0.15) is 11.8 Å². The van der Waals surface area contributed by atoms with E-state index in [0.717, 1.165) is 5.92 Å². The molecule has 2 heteroatoms. The Bertz CT molecular complexity index is 93.1. The van der Waals surface area contributed by atoms with Gasteiger partial charge < -0.3 is 4.90 Å². The van der Waals surface area contributed by atoms with Crippen LogP contribution in [0.5, 0.6) is 0 Å². The van der Waals surface area contributed by atoms with Crippen LogP contribution in [0.1, 0.15) is 6.42 Å². The lowest BCUT2D eigenvalue weighted by atomic mass is 10.2. The van der Waals surface area contributed by atoms with Gasteiger partial charge in [0, 0.05) is 18.8 Å². The standard InChI is InChI=1S/C7H13NS/c1-2-8-3-4-9-6-7(1)5-8/h7H,1-6H2. The van der Waals surface area contributed by atoms with Crippen LogP contribution in [-0.4, -0.2) is 36.0 Å². The molecule has 0 aromatic carbocycles. The van der Waals surface area contributed by atoms with Crippen LogP contribution in [0.4, 0.5) is 0 Å². The van der Waals surface area contributed by atoms with E-state index in [2.05, 4.69) is 16.7 Å². The maximum Gasteiger partial charge on any atom is 0.00725 e. The topological polar surface area (TPSA) is 3.24 Å². The van der Waals surface area contributed by atoms with E-state index in [1.807, 2.05) is 0 Å². The molecule has 0 amide bonds. The third kappa shape index (κ3) is 1.24. The minimum Gasteiger partial charge on any atom is -0.302 e. The number of fused-ring (bicyclic) bond motifs is 2. The average Bonchev–Trinajstić information content (AvgIpc) is 2.09. The fourth-order valence-corrected chi connectivity index (χ4v) is 2.86. The monoisotopic (exact) mass is 143 g/mol. The normalized spacial score (nSPS) is 42.7. The first-order valence-corrected chi connectivity index (χ1v) is 4.91. The molecule has 0 aliphatic carbocycles. The summed E-state index contributed by atoms with van der Waals surface area (Å²) in [5.41, 5.74) is 0. The Labute approximate surface area is 60.8 Å². The predicted octanol–water partition coefficient (Wildman–Crippen LogP) is 1.06. The zero-order chi connectivity index (χ0) is 6.10. The Morgan fingerprint density at radius 3 is 3.33 bits per heavy atom. The average molecular weight is 143 g/mol. The molecule has 2 aliphatic rings. The molecule has 9 heavy (non-hydrogen) atoms. The van der Waals surface area contributed by atoms with Gasteiger partial charge in [-0.3, -0.25) is 0 Å². The van der Waals surface area contributed by atoms with Crippen LogP contribution >= 0.6 is 11.8 Å². The van der Waals surface area contributed by atoms with Gasteiger partial charge in [0.2, 0.25) is 0 Å². The first kappa shape index (κ1) is 6.05. The second-order valence-electron chi connectivity index (χ2n) is 3.03. The van der Waals surface area contributed by atoms with Crippen molar-refractivity contribution in [3.8, 4) is 0 Å². The lowest BCUT2D eigenvalue weighted by molar-refractivity contribution is 0.354. The van der Waals surface area contributed by atoms with E-state index in [4.69, 9.17) is 0 Å². The van der Waals surface area contributed by atoms with Crippen molar-refractivity contribution in [2.75, 3.05) is 31.1 Å². The van der Waals surface area contributed by atoms with Crippen LogP contribution in [0.25, 0.3) is 0 Å². The van der Waals surface area contributed by atoms with Crippen molar-refractivity contribution in [3.05, 3.63) is 0 Å². The summed E-state index contributed by atoms with van der Waals surface area (Å²) in [5.74, 6) is 3.84. The smallest absolute Gasteiger partial charge is 0.00725 e. The van der Waals surface area contributed by atoms with E-state index in [1.165, 1.54) is 37.6 Å². The SMILES string of the molecule is C1CN2CCC(CS1)C2. The highest BCUT2D eigenvalue weighted by molar-refractivity contribution is 7.99. The molecule has 2 fully saturated rings. The lowest BCUT2D eigenvalue weighted by Gasteiger charge is -2.10. The third-order valence-electron chi connectivity index (χ3n) is 2.28. The highest BCUT2D eigenvalue weighted by Crippen LogP contribution is 2.24. The van der Waals surface area contributed by atoms with Crippen LogP contribution in [0, 0.1) is 5.92 Å². The molecule has 0 radical (unpaired) electrons. The molecule has 0 spiro atoms. The Morgan fingerprint density at radius 1 is 1.33 bits per heavy atom. The minimum atomic E-state index is 1.04. The van der Waals surface area contributed by atoms with Gasteiger partial charge in [0.15, 0.2) is 0 Å². The van der Waals surface area contributed by atoms with Crippen molar-refractivity contribution in [2.45, 2.75) is 6.42 Å². The summed E-state index contributed by atoms with van der Waals surface area (Å²) in [7, 11) is 0. The molecule has 2 unspecified atom stereocenters. The highest BCUT2D eigenvalue weighted by atomic mass is 32.2. The molecular weight excluding hydrogens is 130 g/mol. The number of thioether (sulfide) groups is 1. The molecule has 2 bridgehead atoms. The molecule has 2 rings (SSSR count). The summed E-state index contributed by atoms with van der Waals surface area (Å²) in [6, 6.07) is 0. The quantitative estimate of drug-likeness (QED) is 0.499. The molecule has 2 saturated heterocycles. The van der Waals surface area contributed by atoms with E-state index >= 15 is 0 Å². The van der Waals surface area contributed by atoms with Gasteiger partial charge in [-0.25, -0.2) is 0 Å². The molecule has 2 aliphatic heterocycles. The van der Waals surface area contributed by atoms with Crippen LogP contribution in [-0.2, 0) is 0 Å². The first-order chi connectivity index (χ1) is 4.45. The molecule has 0 aromatic heterocycles. The summed E-state index contributed by atoms with van der Waals surface area (Å²) in [6.45, 7) is 4.12. The Morgan fingerprint density at radius 2 is 2.33 bits per heavy atom. The minimum absolute atomic E-state index is 1.04. The van der Waals surface area contributed by atoms with Gasteiger partial charge in [0.1, 0.15) is 0 Å². The van der Waals surface area contributed by atoms with Crippen molar-refractivity contribution < 1.29 is 0 Å². The number of rotatable bonds is 0. The summed E-state index contributed by atoms with van der Waals surface area (Å²) in [5, 5.41) is 0. The number of hydrogen-bond donors (Lipinski definition) is 0. The van der Waals surface area contributed by atoms with E-state index in [9.17, 15) is 0 Å². The van der Waals surface area contributed by atoms with Crippen molar-refractivity contribution in [1.29, 1.82) is 0 Å². The first-order valence-electron chi connectivity index (χ1n) is 3.75. The highest BCUT2D eigenvalue weighted by Gasteiger charge is 2.24. The van der Waals surface area contributed by atoms with E-state index in [-0.39, 0.29) is 0 Å². The van der Waals surface area contributed by atoms with E-state index in [0.29, 0.717) is 0 Å². The molecule has 0 saturated carbocycles. The van der Waals surface area contributed by atoms with E-state index in [1.54, 1.807) is 0 Å². The van der Waals surface area contributed by atoms with Crippen LogP contribution in [0.15, 0.2) is 0 Å². The fourth-order valence-electron chi connectivity index (χ4n) is 1.70. The second-order valence-corrected chi connectivity index (χ2v) is 4.18. The summed E-state index contributed by atoms with van der Waals surface area (Å²) >= 11 is 2.14. The zero-order valence-electron chi connectivity index (χ0n) is 5.68. The predicted molar refractivity (Wildman–Crippen MR) is 41.9 cm³/mol. The van der Waals surface area contributed by atoms with E-state index < -0.39 is 0 Å². The molecule has 2 atom stereocenters. The third-order valence-corrected chi connectivity index (χ3v) is 3.45. The fraction of sp³-hybridized carbons (Fsp3) is 1.00. The molecule has 0 aromatic rings. The number of hydrogen-bond acceptors (Lipinski definition) is 2. The summed E-state index contributed by atoms with van der Waals surface area (Å²) in [6.07, 6.45) is 1.47. The van der Waals surface area contributed by atoms with Gasteiger partial charge in [-0.15, -0.1) is 0 Å². The van der Waals surface area contributed by atoms with Gasteiger partial charge in [0.05, 0.1) is 0 Å². The Balaban J connectivity index is 1.99. The Hall–Kier alpha value is 0.310. The van der Waals surface area contributed by atoms with Gasteiger partial charge >= 0.3 is 0 Å². The number of nitrogens with zero attached hydrogens (tertiary/aromatic N) is 1. The zero-order valence-corrected chi connectivity index (χ0v) is 6.49. The summed E-state index contributed by atoms with van der Waals surface area (Å²) < 4.78 is 0. The lowest BCUT2D eigenvalue weighted by Crippen LogP contribution is -2.21. The molecule has 0 N–H and O–H groups in total. The Kier molecular flexibility index (Phi) is 1.68. The maximum atomic E-state index is 2.60. The van der Waals surface area contributed by atoms with Crippen molar-refractivity contribution in [3.63, 3.8) is 0 Å². The molecular formula is C7H13NS. The largest absolute Gasteiger partial charge is 0.302 e. The second kappa shape index (κ2) is 2.51. The van der Waals surface area contributed by atoms with Gasteiger partial charge in [0.25, 0.3) is 0 Å². The van der Waals surface area contributed by atoms with Gasteiger partial charge in [-0.1, -0.05) is 0 Å². The maximum absolute atomic E-state index is 2.60. The molecule has 2 heterocycles.